The van der Waals surface area contributed by atoms with Gasteiger partial charge in [-0.05, 0) is 32.8 Å². The van der Waals surface area contributed by atoms with Gasteiger partial charge in [0.25, 0.3) is 5.91 Å². The third-order valence-electron chi connectivity index (χ3n) is 3.64. The molecule has 1 atom stereocenters. The van der Waals surface area contributed by atoms with E-state index < -0.39 is 11.9 Å². The monoisotopic (exact) mass is 327 g/mol. The molecule has 0 saturated heterocycles. The fraction of sp³-hybridized carbons (Fsp3) is 0.625. The lowest BCUT2D eigenvalue weighted by Gasteiger charge is -2.24. The number of aryl methyl sites for hydroxylation is 1. The van der Waals surface area contributed by atoms with Crippen molar-refractivity contribution in [3.8, 4) is 0 Å². The molecule has 0 radical (unpaired) electrons. The lowest BCUT2D eigenvalue weighted by atomic mass is 10.1. The lowest BCUT2D eigenvalue weighted by Crippen LogP contribution is -2.38. The molecule has 0 saturated carbocycles. The first-order valence-electron chi connectivity index (χ1n) is 7.53. The summed E-state index contributed by atoms with van der Waals surface area (Å²) in [4.78, 5) is 26.5. The molecule has 1 unspecified atom stereocenters. The Bertz CT molecular complexity index is 512. The number of ether oxygens (including phenoxy) is 1. The number of rotatable bonds is 9. The van der Waals surface area contributed by atoms with E-state index >= 15 is 0 Å². The van der Waals surface area contributed by atoms with Crippen LogP contribution in [0, 0.1) is 19.8 Å². The number of carbonyl (C=O) groups excluding carboxylic acids is 1. The van der Waals surface area contributed by atoms with E-state index in [2.05, 4.69) is 0 Å². The molecule has 1 N–H and O–H groups in total. The Kier molecular flexibility index (Phi) is 7.55. The zero-order chi connectivity index (χ0) is 16.7. The highest BCUT2D eigenvalue weighted by molar-refractivity contribution is 7.10. The summed E-state index contributed by atoms with van der Waals surface area (Å²) in [6, 6.07) is 0. The van der Waals surface area contributed by atoms with Crippen LogP contribution in [-0.2, 0) is 9.53 Å². The predicted octanol–water partition coefficient (Wildman–Crippen LogP) is 2.95. The van der Waals surface area contributed by atoms with Crippen molar-refractivity contribution < 1.29 is 19.4 Å². The van der Waals surface area contributed by atoms with E-state index in [0.717, 1.165) is 10.4 Å². The van der Waals surface area contributed by atoms with E-state index in [1.54, 1.807) is 23.2 Å². The van der Waals surface area contributed by atoms with Crippen molar-refractivity contribution in [2.75, 3.05) is 26.3 Å². The van der Waals surface area contributed by atoms with Crippen LogP contribution in [0.25, 0.3) is 0 Å². The van der Waals surface area contributed by atoms with Crippen LogP contribution < -0.4 is 0 Å². The summed E-state index contributed by atoms with van der Waals surface area (Å²) >= 11 is 1.55. The number of aliphatic carboxylic acids is 1. The molecule has 0 fully saturated rings. The Morgan fingerprint density at radius 2 is 2.09 bits per heavy atom. The summed E-state index contributed by atoms with van der Waals surface area (Å²) in [5.74, 6) is -1.57. The molecule has 5 nitrogen and oxygen atoms in total. The number of nitrogens with zero attached hydrogens (tertiary/aromatic N) is 1. The standard InChI is InChI=1S/C16H25NO4S/c1-5-21-8-6-7-17(9-11(2)16(19)20)15(18)14-10-22-13(4)12(14)3/h10-11H,5-9H2,1-4H3,(H,19,20). The molecule has 6 heteroatoms. The summed E-state index contributed by atoms with van der Waals surface area (Å²) in [7, 11) is 0. The van der Waals surface area contributed by atoms with Crippen molar-refractivity contribution in [2.45, 2.75) is 34.1 Å². The summed E-state index contributed by atoms with van der Waals surface area (Å²) in [6.07, 6.45) is 0.702. The second-order valence-electron chi connectivity index (χ2n) is 5.37. The molecule has 0 spiro atoms. The van der Waals surface area contributed by atoms with Crippen molar-refractivity contribution in [1.29, 1.82) is 0 Å². The van der Waals surface area contributed by atoms with Gasteiger partial charge in [0.05, 0.1) is 11.5 Å². The Balaban J connectivity index is 2.81. The third-order valence-corrected chi connectivity index (χ3v) is 4.65. The van der Waals surface area contributed by atoms with Gasteiger partial charge in [-0.15, -0.1) is 11.3 Å². The molecule has 1 rings (SSSR count). The number of carboxylic acid groups (broad SMARTS) is 1. The quantitative estimate of drug-likeness (QED) is 0.708. The number of carbonyl (C=O) groups is 2. The summed E-state index contributed by atoms with van der Waals surface area (Å²) in [5, 5.41) is 10.9. The Hall–Kier alpha value is -1.40. The average Bonchev–Trinajstić information content (AvgIpc) is 2.81. The highest BCUT2D eigenvalue weighted by Crippen LogP contribution is 2.22. The maximum absolute atomic E-state index is 12.7. The molecule has 0 aliphatic heterocycles. The van der Waals surface area contributed by atoms with Gasteiger partial charge < -0.3 is 14.7 Å². The van der Waals surface area contributed by atoms with Gasteiger partial charge in [0.15, 0.2) is 0 Å². The summed E-state index contributed by atoms with van der Waals surface area (Å²) < 4.78 is 5.30. The Morgan fingerprint density at radius 1 is 1.41 bits per heavy atom. The second kappa shape index (κ2) is 8.90. The molecule has 1 aromatic heterocycles. The van der Waals surface area contributed by atoms with E-state index in [9.17, 15) is 9.59 Å². The van der Waals surface area contributed by atoms with E-state index in [1.807, 2.05) is 26.2 Å². The minimum Gasteiger partial charge on any atom is -0.481 e. The fourth-order valence-electron chi connectivity index (χ4n) is 2.08. The first kappa shape index (κ1) is 18.6. The van der Waals surface area contributed by atoms with E-state index in [-0.39, 0.29) is 12.5 Å². The fourth-order valence-corrected chi connectivity index (χ4v) is 2.94. The minimum atomic E-state index is -0.888. The molecule has 1 heterocycles. The van der Waals surface area contributed by atoms with Crippen molar-refractivity contribution in [3.63, 3.8) is 0 Å². The number of amides is 1. The van der Waals surface area contributed by atoms with Crippen LogP contribution in [0.3, 0.4) is 0 Å². The van der Waals surface area contributed by atoms with E-state index in [4.69, 9.17) is 9.84 Å². The molecule has 0 aromatic carbocycles. The van der Waals surface area contributed by atoms with Crippen LogP contribution in [-0.4, -0.2) is 48.2 Å². The maximum Gasteiger partial charge on any atom is 0.308 e. The molecular weight excluding hydrogens is 302 g/mol. The van der Waals surface area contributed by atoms with Gasteiger partial charge in [0.1, 0.15) is 0 Å². The van der Waals surface area contributed by atoms with Crippen LogP contribution in [0.4, 0.5) is 0 Å². The number of thiophene rings is 1. The predicted molar refractivity (Wildman–Crippen MR) is 87.6 cm³/mol. The molecule has 22 heavy (non-hydrogen) atoms. The minimum absolute atomic E-state index is 0.0913. The first-order chi connectivity index (χ1) is 10.4. The van der Waals surface area contributed by atoms with Crippen LogP contribution >= 0.6 is 11.3 Å². The van der Waals surface area contributed by atoms with Gasteiger partial charge in [-0.3, -0.25) is 9.59 Å². The molecule has 1 aromatic rings. The Morgan fingerprint density at radius 3 is 2.59 bits per heavy atom. The molecule has 0 aliphatic carbocycles. The number of carboxylic acids is 1. The van der Waals surface area contributed by atoms with Crippen LogP contribution in [0.2, 0.25) is 0 Å². The molecule has 1 amide bonds. The van der Waals surface area contributed by atoms with Crippen molar-refractivity contribution in [3.05, 3.63) is 21.4 Å². The van der Waals surface area contributed by atoms with Crippen molar-refractivity contribution in [2.24, 2.45) is 5.92 Å². The smallest absolute Gasteiger partial charge is 0.308 e. The molecule has 0 bridgehead atoms. The molecule has 124 valence electrons. The zero-order valence-electron chi connectivity index (χ0n) is 13.7. The van der Waals surface area contributed by atoms with Gasteiger partial charge in [-0.2, -0.15) is 0 Å². The summed E-state index contributed by atoms with van der Waals surface area (Å²) in [5.41, 5.74) is 1.66. The largest absolute Gasteiger partial charge is 0.481 e. The third kappa shape index (κ3) is 5.10. The van der Waals surface area contributed by atoms with Gasteiger partial charge >= 0.3 is 5.97 Å². The second-order valence-corrected chi connectivity index (χ2v) is 6.46. The number of hydrogen-bond donors (Lipinski definition) is 1. The van der Waals surface area contributed by atoms with Crippen LogP contribution in [0.5, 0.6) is 0 Å². The van der Waals surface area contributed by atoms with Gasteiger partial charge in [0.2, 0.25) is 0 Å². The van der Waals surface area contributed by atoms with Gasteiger partial charge in [-0.25, -0.2) is 0 Å². The van der Waals surface area contributed by atoms with Crippen LogP contribution in [0.15, 0.2) is 5.38 Å². The van der Waals surface area contributed by atoms with Gasteiger partial charge in [-0.1, -0.05) is 6.92 Å². The highest BCUT2D eigenvalue weighted by atomic mass is 32.1. The zero-order valence-corrected chi connectivity index (χ0v) is 14.5. The molecule has 0 aliphatic rings. The lowest BCUT2D eigenvalue weighted by molar-refractivity contribution is -0.141. The average molecular weight is 327 g/mol. The summed E-state index contributed by atoms with van der Waals surface area (Å²) in [6.45, 7) is 9.39. The topological polar surface area (TPSA) is 66.8 Å². The normalized spacial score (nSPS) is 12.2. The number of hydrogen-bond acceptors (Lipinski definition) is 4. The highest BCUT2D eigenvalue weighted by Gasteiger charge is 2.23. The first-order valence-corrected chi connectivity index (χ1v) is 8.40. The van der Waals surface area contributed by atoms with E-state index in [0.29, 0.717) is 31.7 Å². The van der Waals surface area contributed by atoms with Crippen molar-refractivity contribution >= 4 is 23.2 Å². The van der Waals surface area contributed by atoms with Crippen LogP contribution in [0.1, 0.15) is 41.1 Å². The SMILES string of the molecule is CCOCCCN(CC(C)C(=O)O)C(=O)c1csc(C)c1C. The van der Waals surface area contributed by atoms with E-state index in [1.165, 1.54) is 0 Å². The molecular formula is C16H25NO4S. The van der Waals surface area contributed by atoms with Gasteiger partial charge in [0, 0.05) is 36.6 Å². The maximum atomic E-state index is 12.7. The Labute approximate surface area is 135 Å². The van der Waals surface area contributed by atoms with Crippen molar-refractivity contribution in [1.82, 2.24) is 4.90 Å².